The zero-order valence-corrected chi connectivity index (χ0v) is 11.2. The lowest BCUT2D eigenvalue weighted by atomic mass is 9.92. The highest BCUT2D eigenvalue weighted by molar-refractivity contribution is 7.89. The summed E-state index contributed by atoms with van der Waals surface area (Å²) >= 11 is 0. The van der Waals surface area contributed by atoms with E-state index in [-0.39, 0.29) is 4.90 Å². The van der Waals surface area contributed by atoms with Gasteiger partial charge in [0.25, 0.3) is 6.47 Å². The number of sulfonamides is 1. The van der Waals surface area contributed by atoms with Crippen molar-refractivity contribution in [2.45, 2.75) is 42.7 Å². The Labute approximate surface area is 112 Å². The summed E-state index contributed by atoms with van der Waals surface area (Å²) in [7, 11) is -3.74. The standard InChI is InChI=1S/C12H16N2O4S/c15-10-18-12(6-2-1-3-7-12)14-19(16,17)11-5-4-8-13-9-11/h4-5,8-10,14H,1-3,6-7H2. The molecule has 0 amide bonds. The second kappa shape index (κ2) is 5.66. The van der Waals surface area contributed by atoms with Gasteiger partial charge < -0.3 is 4.74 Å². The van der Waals surface area contributed by atoms with Gasteiger partial charge in [-0.25, -0.2) is 8.42 Å². The predicted molar refractivity (Wildman–Crippen MR) is 67.5 cm³/mol. The molecule has 6 nitrogen and oxygen atoms in total. The zero-order valence-electron chi connectivity index (χ0n) is 10.4. The van der Waals surface area contributed by atoms with E-state index in [1.165, 1.54) is 18.5 Å². The first-order valence-corrected chi connectivity index (χ1v) is 7.62. The molecule has 0 atom stereocenters. The average Bonchev–Trinajstić information content (AvgIpc) is 2.40. The van der Waals surface area contributed by atoms with E-state index in [0.717, 1.165) is 19.3 Å². The molecule has 0 unspecified atom stereocenters. The van der Waals surface area contributed by atoms with E-state index in [2.05, 4.69) is 9.71 Å². The molecule has 19 heavy (non-hydrogen) atoms. The first-order chi connectivity index (χ1) is 9.08. The lowest BCUT2D eigenvalue weighted by Crippen LogP contribution is -2.51. The Hall–Kier alpha value is -1.47. The van der Waals surface area contributed by atoms with Gasteiger partial charge in [-0.2, -0.15) is 4.72 Å². The minimum Gasteiger partial charge on any atom is -0.445 e. The van der Waals surface area contributed by atoms with E-state index in [9.17, 15) is 13.2 Å². The van der Waals surface area contributed by atoms with Crippen molar-refractivity contribution >= 4 is 16.5 Å². The molecule has 0 radical (unpaired) electrons. The van der Waals surface area contributed by atoms with Crippen LogP contribution in [0.5, 0.6) is 0 Å². The maximum Gasteiger partial charge on any atom is 0.294 e. The quantitative estimate of drug-likeness (QED) is 0.648. The molecular weight excluding hydrogens is 268 g/mol. The number of nitrogens with zero attached hydrogens (tertiary/aromatic N) is 1. The van der Waals surface area contributed by atoms with Crippen molar-refractivity contribution in [3.05, 3.63) is 24.5 Å². The van der Waals surface area contributed by atoms with E-state index < -0.39 is 15.7 Å². The third-order valence-corrected chi connectivity index (χ3v) is 4.70. The molecule has 1 heterocycles. The molecule has 104 valence electrons. The lowest BCUT2D eigenvalue weighted by molar-refractivity contribution is -0.148. The second-order valence-electron chi connectivity index (χ2n) is 4.56. The molecule has 1 aliphatic rings. The van der Waals surface area contributed by atoms with Gasteiger partial charge in [0.05, 0.1) is 0 Å². The molecule has 0 aromatic carbocycles. The van der Waals surface area contributed by atoms with Crippen LogP contribution in [0.15, 0.2) is 29.4 Å². The van der Waals surface area contributed by atoms with Crippen LogP contribution in [0.25, 0.3) is 0 Å². The van der Waals surface area contributed by atoms with Gasteiger partial charge >= 0.3 is 0 Å². The minimum atomic E-state index is -3.74. The van der Waals surface area contributed by atoms with Crippen LogP contribution in [0.4, 0.5) is 0 Å². The molecular formula is C12H16N2O4S. The molecule has 0 spiro atoms. The number of hydrogen-bond acceptors (Lipinski definition) is 5. The molecule has 1 aliphatic carbocycles. The van der Waals surface area contributed by atoms with Crippen molar-refractivity contribution in [1.82, 2.24) is 9.71 Å². The number of carbonyl (C=O) groups is 1. The van der Waals surface area contributed by atoms with Crippen molar-refractivity contribution in [2.75, 3.05) is 0 Å². The summed E-state index contributed by atoms with van der Waals surface area (Å²) < 4.78 is 32.0. The van der Waals surface area contributed by atoms with Gasteiger partial charge in [-0.1, -0.05) is 6.42 Å². The van der Waals surface area contributed by atoms with Crippen LogP contribution in [0, 0.1) is 0 Å². The van der Waals surface area contributed by atoms with Crippen molar-refractivity contribution < 1.29 is 17.9 Å². The fraction of sp³-hybridized carbons (Fsp3) is 0.500. The fourth-order valence-corrected chi connectivity index (χ4v) is 3.59. The van der Waals surface area contributed by atoms with Crippen molar-refractivity contribution in [2.24, 2.45) is 0 Å². The molecule has 1 fully saturated rings. The van der Waals surface area contributed by atoms with Gasteiger partial charge in [-0.05, 0) is 25.0 Å². The van der Waals surface area contributed by atoms with Gasteiger partial charge in [0, 0.05) is 25.2 Å². The summed E-state index contributed by atoms with van der Waals surface area (Å²) in [6.07, 6.45) is 6.40. The van der Waals surface area contributed by atoms with E-state index in [0.29, 0.717) is 19.3 Å². The van der Waals surface area contributed by atoms with Crippen LogP contribution in [0.3, 0.4) is 0 Å². The molecule has 1 aromatic heterocycles. The maximum absolute atomic E-state index is 12.2. The Bertz CT molecular complexity index is 524. The van der Waals surface area contributed by atoms with E-state index >= 15 is 0 Å². The summed E-state index contributed by atoms with van der Waals surface area (Å²) in [5.41, 5.74) is -1.12. The summed E-state index contributed by atoms with van der Waals surface area (Å²) in [4.78, 5) is 14.5. The Kier molecular flexibility index (Phi) is 4.16. The molecule has 0 saturated heterocycles. The zero-order chi connectivity index (χ0) is 13.8. The number of rotatable bonds is 5. The van der Waals surface area contributed by atoms with Gasteiger partial charge in [0.1, 0.15) is 4.90 Å². The highest BCUT2D eigenvalue weighted by Gasteiger charge is 2.38. The number of nitrogens with one attached hydrogen (secondary N) is 1. The molecule has 7 heteroatoms. The van der Waals surface area contributed by atoms with Crippen LogP contribution in [0.2, 0.25) is 0 Å². The Balaban J connectivity index is 2.23. The van der Waals surface area contributed by atoms with Crippen LogP contribution in [0.1, 0.15) is 32.1 Å². The molecule has 0 bridgehead atoms. The first kappa shape index (κ1) is 14.0. The second-order valence-corrected chi connectivity index (χ2v) is 6.25. The van der Waals surface area contributed by atoms with Gasteiger partial charge in [-0.15, -0.1) is 0 Å². The SMILES string of the molecule is O=COC1(NS(=O)(=O)c2cccnc2)CCCCC1. The Morgan fingerprint density at radius 2 is 2.05 bits per heavy atom. The number of pyridine rings is 1. The van der Waals surface area contributed by atoms with Crippen LogP contribution in [-0.2, 0) is 19.6 Å². The molecule has 1 aromatic rings. The van der Waals surface area contributed by atoms with Crippen LogP contribution in [-0.4, -0.2) is 25.6 Å². The first-order valence-electron chi connectivity index (χ1n) is 6.13. The molecule has 1 saturated carbocycles. The van der Waals surface area contributed by atoms with Crippen LogP contribution >= 0.6 is 0 Å². The van der Waals surface area contributed by atoms with Gasteiger partial charge in [0.2, 0.25) is 10.0 Å². The minimum absolute atomic E-state index is 0.0643. The van der Waals surface area contributed by atoms with E-state index in [1.807, 2.05) is 0 Å². The third kappa shape index (κ3) is 3.30. The summed E-state index contributed by atoms with van der Waals surface area (Å²) in [5, 5.41) is 0. The average molecular weight is 284 g/mol. The van der Waals surface area contributed by atoms with Crippen molar-refractivity contribution in [3.63, 3.8) is 0 Å². The molecule has 0 aliphatic heterocycles. The van der Waals surface area contributed by atoms with Gasteiger partial charge in [-0.3, -0.25) is 9.78 Å². The maximum atomic E-state index is 12.2. The monoisotopic (exact) mass is 284 g/mol. The van der Waals surface area contributed by atoms with E-state index in [1.54, 1.807) is 6.07 Å². The number of aromatic nitrogens is 1. The highest BCUT2D eigenvalue weighted by atomic mass is 32.2. The van der Waals surface area contributed by atoms with Crippen LogP contribution < -0.4 is 4.72 Å². The summed E-state index contributed by atoms with van der Waals surface area (Å²) in [6, 6.07) is 3.00. The highest BCUT2D eigenvalue weighted by Crippen LogP contribution is 2.30. The summed E-state index contributed by atoms with van der Waals surface area (Å²) in [5.74, 6) is 0. The predicted octanol–water partition coefficient (Wildman–Crippen LogP) is 1.19. The molecule has 2 rings (SSSR count). The lowest BCUT2D eigenvalue weighted by Gasteiger charge is -2.35. The fourth-order valence-electron chi connectivity index (χ4n) is 2.27. The summed E-state index contributed by atoms with van der Waals surface area (Å²) in [6.45, 7) is 0.303. The third-order valence-electron chi connectivity index (χ3n) is 3.20. The number of ether oxygens (including phenoxy) is 1. The Morgan fingerprint density at radius 1 is 1.32 bits per heavy atom. The normalized spacial score (nSPS) is 18.7. The topological polar surface area (TPSA) is 85.4 Å². The van der Waals surface area contributed by atoms with Crippen molar-refractivity contribution in [1.29, 1.82) is 0 Å². The van der Waals surface area contributed by atoms with E-state index in [4.69, 9.17) is 4.74 Å². The van der Waals surface area contributed by atoms with Gasteiger partial charge in [0.15, 0.2) is 5.72 Å². The number of carbonyl (C=O) groups excluding carboxylic acids is 1. The smallest absolute Gasteiger partial charge is 0.294 e. The van der Waals surface area contributed by atoms with Crippen molar-refractivity contribution in [3.8, 4) is 0 Å². The molecule has 1 N–H and O–H groups in total. The largest absolute Gasteiger partial charge is 0.445 e. The number of hydrogen-bond donors (Lipinski definition) is 1. The Morgan fingerprint density at radius 3 is 2.63 bits per heavy atom.